The van der Waals surface area contributed by atoms with Crippen LogP contribution in [-0.2, 0) is 0 Å². The number of nitrogens with zero attached hydrogens (tertiary/aromatic N) is 1. The van der Waals surface area contributed by atoms with Crippen molar-refractivity contribution in [2.45, 2.75) is 0 Å². The second kappa shape index (κ2) is 15.6. The largest absolute Gasteiger partial charge is 0.310 e. The van der Waals surface area contributed by atoms with Gasteiger partial charge in [-0.15, -0.1) is 0 Å². The molecule has 11 aromatic carbocycles. The van der Waals surface area contributed by atoms with Gasteiger partial charge in [-0.25, -0.2) is 0 Å². The molecule has 0 saturated heterocycles. The molecule has 0 aliphatic rings. The van der Waals surface area contributed by atoms with Crippen LogP contribution in [0.25, 0.3) is 88.0 Å². The van der Waals surface area contributed by atoms with Gasteiger partial charge in [0.1, 0.15) is 0 Å². The first-order valence-electron chi connectivity index (χ1n) is 21.0. The molecular formula is C60H41N. The average Bonchev–Trinajstić information content (AvgIpc) is 3.35. The number of rotatable bonds is 8. The fourth-order valence-electron chi connectivity index (χ4n) is 9.12. The molecule has 0 fully saturated rings. The van der Waals surface area contributed by atoms with Crippen molar-refractivity contribution in [3.8, 4) is 55.6 Å². The lowest BCUT2D eigenvalue weighted by molar-refractivity contribution is 1.28. The molecule has 0 N–H and O–H groups in total. The molecule has 0 aliphatic heterocycles. The van der Waals surface area contributed by atoms with Gasteiger partial charge >= 0.3 is 0 Å². The van der Waals surface area contributed by atoms with Crippen molar-refractivity contribution in [2.24, 2.45) is 0 Å². The van der Waals surface area contributed by atoms with Crippen molar-refractivity contribution < 1.29 is 0 Å². The van der Waals surface area contributed by atoms with E-state index in [0.717, 1.165) is 22.6 Å². The standard InChI is InChI=1S/C60H41N/c1-4-16-42(17-5-1)48-33-39-59(58(40-48)44-20-8-3-9-21-44)61(50-34-28-46(29-35-50)57-41-49-23-11-12-24-52(49)55-26-14-15-27-56(55)57)51-36-30-47(31-37-51)60-53-25-13-10-22-45(53)32-38-54(60)43-18-6-2-7-19-43/h1-41H. The minimum atomic E-state index is 1.08. The summed E-state index contributed by atoms with van der Waals surface area (Å²) in [5.74, 6) is 0. The lowest BCUT2D eigenvalue weighted by Gasteiger charge is -2.29. The van der Waals surface area contributed by atoms with Gasteiger partial charge in [-0.2, -0.15) is 0 Å². The van der Waals surface area contributed by atoms with E-state index in [2.05, 4.69) is 254 Å². The Labute approximate surface area is 357 Å². The second-order valence-corrected chi connectivity index (χ2v) is 15.7. The van der Waals surface area contributed by atoms with Crippen molar-refractivity contribution in [3.63, 3.8) is 0 Å². The van der Waals surface area contributed by atoms with E-state index >= 15 is 0 Å². The monoisotopic (exact) mass is 775 g/mol. The van der Waals surface area contributed by atoms with Gasteiger partial charge in [0.25, 0.3) is 0 Å². The summed E-state index contributed by atoms with van der Waals surface area (Å²) in [6.07, 6.45) is 0. The molecule has 0 radical (unpaired) electrons. The van der Waals surface area contributed by atoms with Crippen LogP contribution < -0.4 is 4.90 Å². The fourth-order valence-corrected chi connectivity index (χ4v) is 9.12. The van der Waals surface area contributed by atoms with Gasteiger partial charge < -0.3 is 4.90 Å². The van der Waals surface area contributed by atoms with E-state index < -0.39 is 0 Å². The molecule has 286 valence electrons. The Morgan fingerprint density at radius 1 is 0.230 bits per heavy atom. The molecule has 11 aromatic rings. The zero-order valence-electron chi connectivity index (χ0n) is 33.6. The third kappa shape index (κ3) is 6.73. The van der Waals surface area contributed by atoms with Crippen molar-refractivity contribution in [1.29, 1.82) is 0 Å². The second-order valence-electron chi connectivity index (χ2n) is 15.7. The number of benzene rings is 11. The molecule has 11 rings (SSSR count). The zero-order valence-corrected chi connectivity index (χ0v) is 33.6. The highest BCUT2D eigenvalue weighted by molar-refractivity contribution is 6.14. The smallest absolute Gasteiger partial charge is 0.0540 e. The summed E-state index contributed by atoms with van der Waals surface area (Å²) in [5.41, 5.74) is 15.3. The van der Waals surface area contributed by atoms with Crippen LogP contribution >= 0.6 is 0 Å². The van der Waals surface area contributed by atoms with Gasteiger partial charge in [0.2, 0.25) is 0 Å². The van der Waals surface area contributed by atoms with E-state index in [9.17, 15) is 0 Å². The van der Waals surface area contributed by atoms with Crippen LogP contribution in [-0.4, -0.2) is 0 Å². The van der Waals surface area contributed by atoms with E-state index in [4.69, 9.17) is 0 Å². The Kier molecular flexibility index (Phi) is 9.26. The number of fused-ring (bicyclic) bond motifs is 4. The Morgan fingerprint density at radius 2 is 0.705 bits per heavy atom. The summed E-state index contributed by atoms with van der Waals surface area (Å²) in [5, 5.41) is 7.53. The summed E-state index contributed by atoms with van der Waals surface area (Å²) in [6, 6.07) is 90.5. The van der Waals surface area contributed by atoms with Gasteiger partial charge in [0.15, 0.2) is 0 Å². The van der Waals surface area contributed by atoms with E-state index in [-0.39, 0.29) is 0 Å². The first kappa shape index (κ1) is 36.1. The first-order valence-corrected chi connectivity index (χ1v) is 21.0. The predicted octanol–water partition coefficient (Wildman–Crippen LogP) is 17.0. The summed E-state index contributed by atoms with van der Waals surface area (Å²) in [7, 11) is 0. The van der Waals surface area contributed by atoms with Crippen LogP contribution in [0.5, 0.6) is 0 Å². The Hall–Kier alpha value is -8.00. The highest BCUT2D eigenvalue weighted by atomic mass is 15.1. The number of hydrogen-bond acceptors (Lipinski definition) is 1. The average molecular weight is 776 g/mol. The maximum atomic E-state index is 2.42. The Balaban J connectivity index is 1.09. The Morgan fingerprint density at radius 3 is 1.36 bits per heavy atom. The Bertz CT molecular complexity index is 3320. The van der Waals surface area contributed by atoms with Crippen LogP contribution in [0.1, 0.15) is 0 Å². The number of hydrogen-bond donors (Lipinski definition) is 0. The van der Waals surface area contributed by atoms with Crippen molar-refractivity contribution in [2.75, 3.05) is 4.90 Å². The van der Waals surface area contributed by atoms with Crippen molar-refractivity contribution in [3.05, 3.63) is 249 Å². The highest BCUT2D eigenvalue weighted by Crippen LogP contribution is 2.45. The third-order valence-corrected chi connectivity index (χ3v) is 12.1. The third-order valence-electron chi connectivity index (χ3n) is 12.1. The first-order chi connectivity index (χ1) is 30.3. The molecule has 0 saturated carbocycles. The number of anilines is 3. The molecule has 61 heavy (non-hydrogen) atoms. The summed E-state index contributed by atoms with van der Waals surface area (Å²) >= 11 is 0. The van der Waals surface area contributed by atoms with Gasteiger partial charge in [-0.1, -0.05) is 206 Å². The van der Waals surface area contributed by atoms with Gasteiger partial charge in [-0.05, 0) is 125 Å². The van der Waals surface area contributed by atoms with Crippen LogP contribution in [0.4, 0.5) is 17.1 Å². The normalized spacial score (nSPS) is 11.3. The molecule has 0 bridgehead atoms. The van der Waals surface area contributed by atoms with Gasteiger partial charge in [0.05, 0.1) is 5.69 Å². The van der Waals surface area contributed by atoms with Crippen molar-refractivity contribution in [1.82, 2.24) is 0 Å². The molecule has 0 heterocycles. The minimum Gasteiger partial charge on any atom is -0.310 e. The highest BCUT2D eigenvalue weighted by Gasteiger charge is 2.20. The van der Waals surface area contributed by atoms with Gasteiger partial charge in [-0.3, -0.25) is 0 Å². The van der Waals surface area contributed by atoms with Gasteiger partial charge in [0, 0.05) is 16.9 Å². The topological polar surface area (TPSA) is 3.24 Å². The SMILES string of the molecule is c1ccc(-c2ccc(N(c3ccc(-c4c(-c5ccccc5)ccc5ccccc45)cc3)c3ccc(-c4cc5ccccc5c5ccccc45)cc3)c(-c3ccccc3)c2)cc1. The zero-order chi connectivity index (χ0) is 40.5. The van der Waals surface area contributed by atoms with E-state index in [0.29, 0.717) is 0 Å². The molecule has 0 aromatic heterocycles. The van der Waals surface area contributed by atoms with E-state index in [1.807, 2.05) is 0 Å². The van der Waals surface area contributed by atoms with E-state index in [1.165, 1.54) is 82.4 Å². The molecule has 1 heteroatoms. The molecular weight excluding hydrogens is 735 g/mol. The quantitative estimate of drug-likeness (QED) is 0.139. The lowest BCUT2D eigenvalue weighted by Crippen LogP contribution is -2.11. The molecule has 0 amide bonds. The molecule has 1 nitrogen and oxygen atoms in total. The van der Waals surface area contributed by atoms with Crippen LogP contribution in [0.2, 0.25) is 0 Å². The molecule has 0 aliphatic carbocycles. The summed E-state index contributed by atoms with van der Waals surface area (Å²) in [4.78, 5) is 2.42. The lowest BCUT2D eigenvalue weighted by atomic mass is 9.89. The molecule has 0 spiro atoms. The van der Waals surface area contributed by atoms with Crippen LogP contribution in [0.15, 0.2) is 249 Å². The maximum Gasteiger partial charge on any atom is 0.0540 e. The fraction of sp³-hybridized carbons (Fsp3) is 0. The molecule has 0 atom stereocenters. The minimum absolute atomic E-state index is 1.08. The van der Waals surface area contributed by atoms with Crippen molar-refractivity contribution >= 4 is 49.4 Å². The van der Waals surface area contributed by atoms with Crippen LogP contribution in [0.3, 0.4) is 0 Å². The maximum absolute atomic E-state index is 2.42. The van der Waals surface area contributed by atoms with E-state index in [1.54, 1.807) is 0 Å². The summed E-state index contributed by atoms with van der Waals surface area (Å²) in [6.45, 7) is 0. The molecule has 0 unspecified atom stereocenters. The van der Waals surface area contributed by atoms with Crippen LogP contribution in [0, 0.1) is 0 Å². The predicted molar refractivity (Wildman–Crippen MR) is 261 cm³/mol. The summed E-state index contributed by atoms with van der Waals surface area (Å²) < 4.78 is 0.